The van der Waals surface area contributed by atoms with Crippen LogP contribution < -0.4 is 10.2 Å². The predicted molar refractivity (Wildman–Crippen MR) is 118 cm³/mol. The molecular weight excluding hydrogens is 450 g/mol. The van der Waals surface area contributed by atoms with E-state index < -0.39 is 28.6 Å². The third kappa shape index (κ3) is 3.32. The van der Waals surface area contributed by atoms with Gasteiger partial charge in [0.25, 0.3) is 0 Å². The van der Waals surface area contributed by atoms with Gasteiger partial charge >= 0.3 is 6.18 Å². The number of nitrogens with one attached hydrogen (secondary N) is 1. The molecule has 1 amide bonds. The molecule has 0 radical (unpaired) electrons. The van der Waals surface area contributed by atoms with E-state index in [1.54, 1.807) is 23.1 Å². The molecule has 180 valence electrons. The summed E-state index contributed by atoms with van der Waals surface area (Å²) in [5.74, 6) is -0.737. The van der Waals surface area contributed by atoms with Gasteiger partial charge in [-0.1, -0.05) is 0 Å². The molecule has 1 N–H and O–H groups in total. The highest BCUT2D eigenvalue weighted by molar-refractivity contribution is 5.97. The molecule has 10 heteroatoms. The van der Waals surface area contributed by atoms with Crippen LogP contribution in [0.4, 0.5) is 23.2 Å². The lowest BCUT2D eigenvalue weighted by Gasteiger charge is -2.35. The Kier molecular flexibility index (Phi) is 5.06. The highest BCUT2D eigenvalue weighted by Gasteiger charge is 2.86. The molecule has 2 atom stereocenters. The second-order valence-corrected chi connectivity index (χ2v) is 9.98. The Morgan fingerprint density at radius 3 is 2.65 bits per heavy atom. The van der Waals surface area contributed by atoms with Crippen molar-refractivity contribution in [2.24, 2.45) is 10.8 Å². The molecule has 3 fully saturated rings. The fraction of sp³-hybridized carbons (Fsp3) is 0.542. The molecule has 2 aromatic rings. The number of piperidine rings is 2. The zero-order valence-corrected chi connectivity index (χ0v) is 18.8. The molecule has 6 nitrogen and oxygen atoms in total. The van der Waals surface area contributed by atoms with E-state index in [2.05, 4.69) is 16.4 Å². The number of nitrogens with zero attached hydrogens (tertiary/aromatic N) is 4. The Bertz CT molecular complexity index is 1190. The Hall–Kier alpha value is -2.93. The summed E-state index contributed by atoms with van der Waals surface area (Å²) in [6, 6.07) is 8.57. The predicted octanol–water partition coefficient (Wildman–Crippen LogP) is 3.42. The molecule has 2 aliphatic heterocycles. The monoisotopic (exact) mass is 475 g/mol. The minimum atomic E-state index is -4.58. The Balaban J connectivity index is 1.42. The number of fused-ring (bicyclic) bond motifs is 2. The third-order valence-corrected chi connectivity index (χ3v) is 7.95. The van der Waals surface area contributed by atoms with E-state index in [0.29, 0.717) is 35.2 Å². The van der Waals surface area contributed by atoms with Gasteiger partial charge in [-0.25, -0.2) is 4.39 Å². The van der Waals surface area contributed by atoms with Gasteiger partial charge in [0.05, 0.1) is 23.0 Å². The SMILES string of the molecule is CN1CCC(F)(CNC(=O)[C@]23CN(c4ccc(C#N)c5ncccc45)C[C@@]2(C(F)(F)F)C3)CC1. The first kappa shape index (κ1) is 22.8. The quantitative estimate of drug-likeness (QED) is 0.687. The van der Waals surface area contributed by atoms with Gasteiger partial charge in [-0.3, -0.25) is 9.78 Å². The smallest absolute Gasteiger partial charge is 0.369 e. The molecule has 1 saturated carbocycles. The summed E-state index contributed by atoms with van der Waals surface area (Å²) in [6.07, 6.45) is -2.90. The second kappa shape index (κ2) is 7.54. The standard InChI is InChI=1S/C24H25F4N5O/c1-32-9-6-21(25,7-10-32)13-31-20(34)22-12-23(22,24(26,27)28)15-33(14-22)18-5-4-16(11-29)19-17(18)3-2-8-30-19/h2-5,8H,6-7,9-10,12-15H2,1H3,(H,31,34)/t22-,23-/m0/s1. The molecule has 1 aliphatic carbocycles. The van der Waals surface area contributed by atoms with Crippen LogP contribution in [0.2, 0.25) is 0 Å². The number of likely N-dealkylation sites (tertiary alicyclic amines) is 1. The number of hydrogen-bond acceptors (Lipinski definition) is 5. The molecule has 1 aromatic carbocycles. The molecule has 5 rings (SSSR count). The number of rotatable bonds is 4. The highest BCUT2D eigenvalue weighted by Crippen LogP contribution is 2.75. The molecular formula is C24H25F4N5O. The minimum Gasteiger partial charge on any atom is -0.369 e. The van der Waals surface area contributed by atoms with Gasteiger partial charge in [-0.15, -0.1) is 0 Å². The molecule has 34 heavy (non-hydrogen) atoms. The lowest BCUT2D eigenvalue weighted by Crippen LogP contribution is -2.49. The number of halogens is 4. The molecule has 0 bridgehead atoms. The second-order valence-electron chi connectivity index (χ2n) is 9.98. The van der Waals surface area contributed by atoms with Crippen molar-refractivity contribution in [2.75, 3.05) is 44.7 Å². The Morgan fingerprint density at radius 1 is 1.24 bits per heavy atom. The van der Waals surface area contributed by atoms with E-state index in [4.69, 9.17) is 0 Å². The van der Waals surface area contributed by atoms with E-state index in [1.165, 1.54) is 12.3 Å². The topological polar surface area (TPSA) is 72.3 Å². The van der Waals surface area contributed by atoms with Crippen molar-refractivity contribution in [3.8, 4) is 6.07 Å². The first-order chi connectivity index (χ1) is 16.0. The van der Waals surface area contributed by atoms with Crippen LogP contribution in [-0.4, -0.2) is 67.4 Å². The van der Waals surface area contributed by atoms with E-state index in [1.807, 2.05) is 11.9 Å². The first-order valence-corrected chi connectivity index (χ1v) is 11.3. The van der Waals surface area contributed by atoms with Crippen LogP contribution in [0.5, 0.6) is 0 Å². The molecule has 3 aliphatic rings. The number of carbonyl (C=O) groups is 1. The van der Waals surface area contributed by atoms with E-state index in [0.717, 1.165) is 0 Å². The summed E-state index contributed by atoms with van der Waals surface area (Å²) in [7, 11) is 1.88. The maximum absolute atomic E-state index is 15.1. The van der Waals surface area contributed by atoms with Crippen LogP contribution in [0.1, 0.15) is 24.8 Å². The van der Waals surface area contributed by atoms with Gasteiger partial charge in [-0.05, 0) is 50.6 Å². The number of alkyl halides is 4. The fourth-order valence-electron chi connectivity index (χ4n) is 5.72. The third-order valence-electron chi connectivity index (χ3n) is 7.95. The molecule has 0 unspecified atom stereocenters. The van der Waals surface area contributed by atoms with Crippen molar-refractivity contribution in [3.05, 3.63) is 36.0 Å². The zero-order valence-electron chi connectivity index (χ0n) is 18.8. The molecule has 1 aromatic heterocycles. The average Bonchev–Trinajstić information content (AvgIpc) is 3.36. The van der Waals surface area contributed by atoms with Crippen molar-refractivity contribution in [2.45, 2.75) is 31.1 Å². The maximum atomic E-state index is 15.1. The summed E-state index contributed by atoms with van der Waals surface area (Å²) in [5.41, 5.74) is -4.21. The van der Waals surface area contributed by atoms with Gasteiger partial charge in [0.2, 0.25) is 5.91 Å². The average molecular weight is 475 g/mol. The molecule has 3 heterocycles. The first-order valence-electron chi connectivity index (χ1n) is 11.3. The summed E-state index contributed by atoms with van der Waals surface area (Å²) in [5, 5.41) is 12.5. The summed E-state index contributed by atoms with van der Waals surface area (Å²) in [6.45, 7) is 0.301. The minimum absolute atomic E-state index is 0.129. The van der Waals surface area contributed by atoms with Crippen molar-refractivity contribution in [3.63, 3.8) is 0 Å². The molecule has 0 spiro atoms. The van der Waals surface area contributed by atoms with Crippen molar-refractivity contribution in [1.82, 2.24) is 15.2 Å². The summed E-state index contributed by atoms with van der Waals surface area (Å²) in [4.78, 5) is 21.0. The normalized spacial score (nSPS) is 28.4. The van der Waals surface area contributed by atoms with Crippen LogP contribution in [0.3, 0.4) is 0 Å². The van der Waals surface area contributed by atoms with Gasteiger partial charge in [-0.2, -0.15) is 18.4 Å². The van der Waals surface area contributed by atoms with Crippen LogP contribution in [0.25, 0.3) is 10.9 Å². The van der Waals surface area contributed by atoms with Gasteiger partial charge in [0.15, 0.2) is 0 Å². The largest absolute Gasteiger partial charge is 0.397 e. The van der Waals surface area contributed by atoms with Gasteiger partial charge in [0, 0.05) is 43.4 Å². The Labute approximate surface area is 194 Å². The van der Waals surface area contributed by atoms with Crippen LogP contribution in [-0.2, 0) is 4.79 Å². The number of nitriles is 1. The zero-order chi connectivity index (χ0) is 24.4. The number of hydrogen-bond donors (Lipinski definition) is 1. The van der Waals surface area contributed by atoms with Crippen molar-refractivity contribution < 1.29 is 22.4 Å². The highest BCUT2D eigenvalue weighted by atomic mass is 19.4. The van der Waals surface area contributed by atoms with Crippen molar-refractivity contribution >= 4 is 22.5 Å². The molecule has 2 saturated heterocycles. The van der Waals surface area contributed by atoms with Gasteiger partial charge < -0.3 is 15.1 Å². The number of aromatic nitrogens is 1. The fourth-order valence-corrected chi connectivity index (χ4v) is 5.72. The van der Waals surface area contributed by atoms with Crippen molar-refractivity contribution in [1.29, 1.82) is 5.26 Å². The lowest BCUT2D eigenvalue weighted by atomic mass is 9.91. The van der Waals surface area contributed by atoms with Gasteiger partial charge in [0.1, 0.15) is 17.2 Å². The number of benzene rings is 1. The number of anilines is 1. The number of amides is 1. The number of carbonyl (C=O) groups excluding carboxylic acids is 1. The Morgan fingerprint density at radius 2 is 1.97 bits per heavy atom. The van der Waals surface area contributed by atoms with Crippen LogP contribution in [0.15, 0.2) is 30.5 Å². The number of pyridine rings is 1. The van der Waals surface area contributed by atoms with Crippen LogP contribution >= 0.6 is 0 Å². The summed E-state index contributed by atoms with van der Waals surface area (Å²) >= 11 is 0. The van der Waals surface area contributed by atoms with Crippen LogP contribution in [0, 0.1) is 22.2 Å². The van der Waals surface area contributed by atoms with E-state index in [9.17, 15) is 23.2 Å². The maximum Gasteiger partial charge on any atom is 0.397 e. The van der Waals surface area contributed by atoms with E-state index in [-0.39, 0.29) is 38.9 Å². The van der Waals surface area contributed by atoms with E-state index >= 15 is 4.39 Å². The lowest BCUT2D eigenvalue weighted by molar-refractivity contribution is -0.191. The summed E-state index contributed by atoms with van der Waals surface area (Å²) < 4.78 is 58.0.